The number of carbonyl (C=O) groups excluding carboxylic acids is 1. The van der Waals surface area contributed by atoms with Crippen LogP contribution in [-0.4, -0.2) is 5.91 Å². The van der Waals surface area contributed by atoms with Crippen LogP contribution in [-0.2, 0) is 13.2 Å². The number of benzene rings is 3. The van der Waals surface area contributed by atoms with Crippen molar-refractivity contribution in [2.75, 3.05) is 4.90 Å². The number of carbonyl (C=O) groups is 1. The van der Waals surface area contributed by atoms with Gasteiger partial charge in [-0.2, -0.15) is 0 Å². The molecule has 0 N–H and O–H groups in total. The topological polar surface area (TPSA) is 29.5 Å². The Labute approximate surface area is 154 Å². The number of hydrogen-bond donors (Lipinski definition) is 0. The molecule has 0 saturated heterocycles. The second-order valence-corrected chi connectivity index (χ2v) is 6.98. The van der Waals surface area contributed by atoms with Gasteiger partial charge in [0.05, 0.1) is 6.54 Å². The van der Waals surface area contributed by atoms with Crippen molar-refractivity contribution in [2.45, 2.75) is 27.0 Å². The molecular weight excluding hydrogens is 322 g/mol. The zero-order valence-electron chi connectivity index (χ0n) is 15.6. The minimum atomic E-state index is 0.0365. The number of amides is 1. The van der Waals surface area contributed by atoms with Crippen LogP contribution < -0.4 is 9.64 Å². The molecule has 2 heterocycles. The Bertz CT molecular complexity index is 1060. The molecule has 3 heteroatoms. The second kappa shape index (κ2) is 5.46. The van der Waals surface area contributed by atoms with Crippen LogP contribution in [0, 0.1) is 13.8 Å². The number of fused-ring (bicyclic) bond motifs is 4. The van der Waals surface area contributed by atoms with Crippen molar-refractivity contribution in [3.8, 4) is 16.9 Å². The monoisotopic (exact) mass is 342 g/mol. The van der Waals surface area contributed by atoms with Gasteiger partial charge in [0, 0.05) is 18.2 Å². The van der Waals surface area contributed by atoms with E-state index in [0.29, 0.717) is 13.2 Å². The highest BCUT2D eigenvalue weighted by Gasteiger charge is 2.31. The lowest BCUT2D eigenvalue weighted by molar-refractivity contribution is 0.0996. The SMILES string of the molecule is [2H]Cc1cc(C)cc2c1-c1cc3c(cc1CO2)C(=O)N(c1ccccc1)C3. The number of ether oxygens (including phenoxy) is 1. The highest BCUT2D eigenvalue weighted by molar-refractivity contribution is 6.10. The van der Waals surface area contributed by atoms with E-state index in [4.69, 9.17) is 6.11 Å². The van der Waals surface area contributed by atoms with Crippen LogP contribution >= 0.6 is 0 Å². The van der Waals surface area contributed by atoms with E-state index in [0.717, 1.165) is 50.4 Å². The predicted molar refractivity (Wildman–Crippen MR) is 103 cm³/mol. The third-order valence-electron chi connectivity index (χ3n) is 5.18. The summed E-state index contributed by atoms with van der Waals surface area (Å²) >= 11 is 0. The van der Waals surface area contributed by atoms with Gasteiger partial charge in [0.25, 0.3) is 5.91 Å². The molecule has 0 spiro atoms. The number of aryl methyl sites for hydroxylation is 2. The van der Waals surface area contributed by atoms with E-state index in [1.165, 1.54) is 0 Å². The first kappa shape index (κ1) is 14.1. The maximum Gasteiger partial charge on any atom is 0.258 e. The molecule has 0 radical (unpaired) electrons. The molecule has 0 unspecified atom stereocenters. The van der Waals surface area contributed by atoms with Gasteiger partial charge in [0.15, 0.2) is 0 Å². The van der Waals surface area contributed by atoms with Crippen molar-refractivity contribution in [1.82, 2.24) is 0 Å². The molecule has 1 amide bonds. The standard InChI is InChI=1S/C23H19NO2/c1-14-8-15(2)22-19-10-16-12-24(18-6-4-3-5-7-18)23(25)20(16)11-17(19)13-26-21(22)9-14/h3-11H,12-13H2,1-2H3/i2D. The van der Waals surface area contributed by atoms with Crippen LogP contribution in [0.1, 0.15) is 34.0 Å². The maximum atomic E-state index is 13.0. The van der Waals surface area contributed by atoms with Crippen molar-refractivity contribution in [3.63, 3.8) is 0 Å². The number of rotatable bonds is 1. The Morgan fingerprint density at radius 1 is 1.04 bits per heavy atom. The van der Waals surface area contributed by atoms with E-state index in [-0.39, 0.29) is 12.8 Å². The van der Waals surface area contributed by atoms with Gasteiger partial charge in [0.1, 0.15) is 12.4 Å². The van der Waals surface area contributed by atoms with Crippen LogP contribution in [0.25, 0.3) is 11.1 Å². The van der Waals surface area contributed by atoms with Gasteiger partial charge in [0.2, 0.25) is 0 Å². The first-order valence-electron chi connectivity index (χ1n) is 9.45. The molecule has 0 atom stereocenters. The van der Waals surface area contributed by atoms with Gasteiger partial charge in [-0.25, -0.2) is 0 Å². The van der Waals surface area contributed by atoms with Gasteiger partial charge < -0.3 is 9.64 Å². The average molecular weight is 342 g/mol. The van der Waals surface area contributed by atoms with Crippen molar-refractivity contribution in [2.24, 2.45) is 0 Å². The molecule has 3 aromatic rings. The molecule has 3 nitrogen and oxygen atoms in total. The summed E-state index contributed by atoms with van der Waals surface area (Å²) in [5.74, 6) is 0.878. The molecular formula is C23H19NO2. The Morgan fingerprint density at radius 3 is 2.65 bits per heavy atom. The minimum absolute atomic E-state index is 0.0365. The molecule has 5 rings (SSSR count). The number of para-hydroxylation sites is 1. The lowest BCUT2D eigenvalue weighted by atomic mass is 9.89. The first-order valence-corrected chi connectivity index (χ1v) is 8.74. The quantitative estimate of drug-likeness (QED) is 0.621. The molecule has 0 saturated carbocycles. The smallest absolute Gasteiger partial charge is 0.258 e. The summed E-state index contributed by atoms with van der Waals surface area (Å²) in [5.41, 5.74) is 7.89. The van der Waals surface area contributed by atoms with E-state index in [2.05, 4.69) is 12.1 Å². The Morgan fingerprint density at radius 2 is 1.85 bits per heavy atom. The Hall–Kier alpha value is -3.07. The molecule has 0 fully saturated rings. The summed E-state index contributed by atoms with van der Waals surface area (Å²) in [4.78, 5) is 14.8. The Kier molecular flexibility index (Phi) is 2.97. The molecule has 0 aromatic heterocycles. The summed E-state index contributed by atoms with van der Waals surface area (Å²) in [7, 11) is 0. The zero-order chi connectivity index (χ0) is 18.5. The van der Waals surface area contributed by atoms with E-state index >= 15 is 0 Å². The van der Waals surface area contributed by atoms with Gasteiger partial charge in [-0.05, 0) is 72.0 Å². The highest BCUT2D eigenvalue weighted by atomic mass is 16.5. The normalized spacial score (nSPS) is 15.0. The molecule has 26 heavy (non-hydrogen) atoms. The number of hydrogen-bond acceptors (Lipinski definition) is 2. The highest BCUT2D eigenvalue weighted by Crippen LogP contribution is 2.43. The number of nitrogens with zero attached hydrogens (tertiary/aromatic N) is 1. The van der Waals surface area contributed by atoms with E-state index in [9.17, 15) is 4.79 Å². The van der Waals surface area contributed by atoms with Gasteiger partial charge in [-0.15, -0.1) is 0 Å². The first-order chi connectivity index (χ1) is 13.2. The molecule has 2 aliphatic rings. The number of anilines is 1. The maximum absolute atomic E-state index is 13.0. The zero-order valence-corrected chi connectivity index (χ0v) is 14.6. The van der Waals surface area contributed by atoms with Gasteiger partial charge >= 0.3 is 0 Å². The average Bonchev–Trinajstić information content (AvgIpc) is 3.02. The molecule has 2 aliphatic heterocycles. The summed E-state index contributed by atoms with van der Waals surface area (Å²) in [5, 5.41) is 0. The molecule has 0 aliphatic carbocycles. The molecule has 128 valence electrons. The van der Waals surface area contributed by atoms with Gasteiger partial charge in [-0.3, -0.25) is 4.79 Å². The lowest BCUT2D eigenvalue weighted by Crippen LogP contribution is -2.22. The molecule has 3 aromatic carbocycles. The van der Waals surface area contributed by atoms with Crippen molar-refractivity contribution >= 4 is 11.6 Å². The third-order valence-corrected chi connectivity index (χ3v) is 5.18. The van der Waals surface area contributed by atoms with Crippen LogP contribution in [0.5, 0.6) is 5.75 Å². The summed E-state index contributed by atoms with van der Waals surface area (Å²) < 4.78 is 13.9. The second-order valence-electron chi connectivity index (χ2n) is 6.98. The van der Waals surface area contributed by atoms with Crippen LogP contribution in [0.4, 0.5) is 5.69 Å². The summed E-state index contributed by atoms with van der Waals surface area (Å²) in [6.07, 6.45) is 0. The fourth-order valence-corrected chi connectivity index (χ4v) is 3.98. The summed E-state index contributed by atoms with van der Waals surface area (Å²) in [6, 6.07) is 18.0. The van der Waals surface area contributed by atoms with Crippen molar-refractivity contribution < 1.29 is 10.9 Å². The van der Waals surface area contributed by atoms with Crippen LogP contribution in [0.2, 0.25) is 0 Å². The Balaban J connectivity index is 1.64. The van der Waals surface area contributed by atoms with E-state index in [1.807, 2.05) is 54.3 Å². The van der Waals surface area contributed by atoms with E-state index < -0.39 is 0 Å². The lowest BCUT2D eigenvalue weighted by Gasteiger charge is -2.24. The molecule has 0 bridgehead atoms. The van der Waals surface area contributed by atoms with Crippen LogP contribution in [0.3, 0.4) is 0 Å². The predicted octanol–water partition coefficient (Wildman–Crippen LogP) is 5.02. The third kappa shape index (κ3) is 2.17. The largest absolute Gasteiger partial charge is 0.488 e. The van der Waals surface area contributed by atoms with Gasteiger partial charge in [-0.1, -0.05) is 24.3 Å². The summed E-state index contributed by atoms with van der Waals surface area (Å²) in [6.45, 7) is 3.26. The van der Waals surface area contributed by atoms with Crippen LogP contribution in [0.15, 0.2) is 54.6 Å². The fourth-order valence-electron chi connectivity index (χ4n) is 3.98. The minimum Gasteiger partial charge on any atom is -0.488 e. The fraction of sp³-hybridized carbons (Fsp3) is 0.174. The van der Waals surface area contributed by atoms with Crippen molar-refractivity contribution in [1.29, 1.82) is 0 Å². The van der Waals surface area contributed by atoms with Crippen molar-refractivity contribution in [3.05, 3.63) is 82.4 Å². The van der Waals surface area contributed by atoms with E-state index in [1.54, 1.807) is 0 Å².